The quantitative estimate of drug-likeness (QED) is 0.726. The molecule has 2 aromatic carbocycles. The highest BCUT2D eigenvalue weighted by molar-refractivity contribution is 6.08. The molecular formula is C20H23ClN2O2. The molecule has 1 amide bonds. The number of halogens is 1. The van der Waals surface area contributed by atoms with E-state index in [2.05, 4.69) is 29.7 Å². The number of fused-ring (bicyclic) bond motifs is 3. The molecule has 2 unspecified atom stereocenters. The Kier molecular flexibility index (Phi) is 5.02. The molecule has 3 aromatic rings. The van der Waals surface area contributed by atoms with Gasteiger partial charge in [0.15, 0.2) is 5.76 Å². The Morgan fingerprint density at radius 3 is 2.80 bits per heavy atom. The largest absolute Gasteiger partial charge is 0.450 e. The molecule has 1 aliphatic heterocycles. The van der Waals surface area contributed by atoms with Crippen LogP contribution in [0, 0.1) is 12.8 Å². The monoisotopic (exact) mass is 358 g/mol. The van der Waals surface area contributed by atoms with Gasteiger partial charge in [0.2, 0.25) is 0 Å². The van der Waals surface area contributed by atoms with Crippen molar-refractivity contribution in [3.63, 3.8) is 0 Å². The van der Waals surface area contributed by atoms with Gasteiger partial charge in [-0.25, -0.2) is 0 Å². The number of carbonyl (C=O) groups is 1. The van der Waals surface area contributed by atoms with E-state index < -0.39 is 0 Å². The molecule has 1 fully saturated rings. The maximum absolute atomic E-state index is 12.8. The highest BCUT2D eigenvalue weighted by Gasteiger charge is 2.26. The molecule has 2 N–H and O–H groups in total. The molecule has 1 aromatic heterocycles. The van der Waals surface area contributed by atoms with Crippen LogP contribution in [0.5, 0.6) is 0 Å². The van der Waals surface area contributed by atoms with E-state index in [1.165, 1.54) is 0 Å². The smallest absolute Gasteiger partial charge is 0.287 e. The van der Waals surface area contributed by atoms with Crippen molar-refractivity contribution < 1.29 is 9.21 Å². The number of hydrogen-bond acceptors (Lipinski definition) is 3. The Hall–Kier alpha value is -2.04. The van der Waals surface area contributed by atoms with E-state index in [-0.39, 0.29) is 24.4 Å². The van der Waals surface area contributed by atoms with Crippen LogP contribution in [-0.2, 0) is 0 Å². The summed E-state index contributed by atoms with van der Waals surface area (Å²) in [5.41, 5.74) is 1.71. The van der Waals surface area contributed by atoms with Crippen molar-refractivity contribution >= 4 is 40.1 Å². The lowest BCUT2D eigenvalue weighted by Gasteiger charge is -2.29. The molecule has 0 bridgehead atoms. The van der Waals surface area contributed by atoms with E-state index in [1.807, 2.05) is 31.2 Å². The van der Waals surface area contributed by atoms with Gasteiger partial charge in [-0.15, -0.1) is 12.4 Å². The highest BCUT2D eigenvalue weighted by atomic mass is 35.5. The lowest BCUT2D eigenvalue weighted by atomic mass is 9.95. The standard InChI is InChI=1S/C20H22N2O2.ClH/c1-12-11-21-10-9-17(12)22-20(23)18-13(2)15-8-7-14-5-3-4-6-16(14)19(15)24-18;/h3-8,12,17,21H,9-11H2,1-2H3,(H,22,23);1H. The normalized spacial score (nSPS) is 20.4. The summed E-state index contributed by atoms with van der Waals surface area (Å²) in [6.07, 6.45) is 0.953. The maximum Gasteiger partial charge on any atom is 0.287 e. The van der Waals surface area contributed by atoms with Crippen LogP contribution < -0.4 is 10.6 Å². The zero-order valence-corrected chi connectivity index (χ0v) is 15.3. The zero-order valence-electron chi connectivity index (χ0n) is 14.5. The van der Waals surface area contributed by atoms with Gasteiger partial charge in [-0.2, -0.15) is 0 Å². The van der Waals surface area contributed by atoms with E-state index in [4.69, 9.17) is 4.42 Å². The van der Waals surface area contributed by atoms with Crippen molar-refractivity contribution in [1.82, 2.24) is 10.6 Å². The number of hydrogen-bond donors (Lipinski definition) is 2. The molecule has 0 saturated carbocycles. The first kappa shape index (κ1) is 17.8. The van der Waals surface area contributed by atoms with Gasteiger partial charge in [-0.3, -0.25) is 4.79 Å². The Bertz CT molecular complexity index is 919. The molecule has 5 heteroatoms. The van der Waals surface area contributed by atoms with Gasteiger partial charge in [0, 0.05) is 22.4 Å². The van der Waals surface area contributed by atoms with Crippen molar-refractivity contribution in [1.29, 1.82) is 0 Å². The molecule has 4 nitrogen and oxygen atoms in total. The van der Waals surface area contributed by atoms with E-state index >= 15 is 0 Å². The summed E-state index contributed by atoms with van der Waals surface area (Å²) in [5.74, 6) is 0.756. The van der Waals surface area contributed by atoms with Crippen LogP contribution in [0.4, 0.5) is 0 Å². The summed E-state index contributed by atoms with van der Waals surface area (Å²) in [5, 5.41) is 9.70. The molecule has 25 heavy (non-hydrogen) atoms. The second-order valence-corrected chi connectivity index (χ2v) is 6.77. The fourth-order valence-electron chi connectivity index (χ4n) is 3.63. The number of amides is 1. The average Bonchev–Trinajstić information content (AvgIpc) is 2.94. The van der Waals surface area contributed by atoms with E-state index in [0.717, 1.165) is 46.8 Å². The number of aryl methyl sites for hydroxylation is 1. The maximum atomic E-state index is 12.8. The van der Waals surface area contributed by atoms with Gasteiger partial charge in [-0.05, 0) is 37.7 Å². The van der Waals surface area contributed by atoms with Crippen LogP contribution in [0.2, 0.25) is 0 Å². The minimum Gasteiger partial charge on any atom is -0.450 e. The number of rotatable bonds is 2. The topological polar surface area (TPSA) is 54.3 Å². The van der Waals surface area contributed by atoms with Gasteiger partial charge in [-0.1, -0.05) is 43.3 Å². The highest BCUT2D eigenvalue weighted by Crippen LogP contribution is 2.31. The second-order valence-electron chi connectivity index (χ2n) is 6.77. The molecule has 132 valence electrons. The summed E-state index contributed by atoms with van der Waals surface area (Å²) >= 11 is 0. The number of nitrogens with one attached hydrogen (secondary N) is 2. The van der Waals surface area contributed by atoms with Crippen LogP contribution in [0.1, 0.15) is 29.5 Å². The summed E-state index contributed by atoms with van der Waals surface area (Å²) in [6, 6.07) is 12.4. The number of furan rings is 1. The second kappa shape index (κ2) is 7.06. The van der Waals surface area contributed by atoms with Gasteiger partial charge >= 0.3 is 0 Å². The Labute approximate surface area is 153 Å². The zero-order chi connectivity index (χ0) is 16.7. The molecule has 2 atom stereocenters. The molecule has 2 heterocycles. The first-order chi connectivity index (χ1) is 11.6. The van der Waals surface area contributed by atoms with Crippen molar-refractivity contribution in [2.24, 2.45) is 5.92 Å². The van der Waals surface area contributed by atoms with Crippen LogP contribution in [0.3, 0.4) is 0 Å². The van der Waals surface area contributed by atoms with E-state index in [1.54, 1.807) is 0 Å². The van der Waals surface area contributed by atoms with Crippen molar-refractivity contribution in [3.05, 3.63) is 47.7 Å². The lowest BCUT2D eigenvalue weighted by Crippen LogP contribution is -2.48. The number of piperidine rings is 1. The first-order valence-electron chi connectivity index (χ1n) is 8.57. The van der Waals surface area contributed by atoms with Crippen molar-refractivity contribution in [2.45, 2.75) is 26.3 Å². The number of carbonyl (C=O) groups excluding carboxylic acids is 1. The minimum absolute atomic E-state index is 0. The molecule has 0 spiro atoms. The Morgan fingerprint density at radius 1 is 1.20 bits per heavy atom. The number of benzene rings is 2. The fourth-order valence-corrected chi connectivity index (χ4v) is 3.63. The van der Waals surface area contributed by atoms with Crippen LogP contribution in [-0.4, -0.2) is 25.0 Å². The summed E-state index contributed by atoms with van der Waals surface area (Å²) in [4.78, 5) is 12.8. The minimum atomic E-state index is -0.105. The predicted molar refractivity (Wildman–Crippen MR) is 104 cm³/mol. The third kappa shape index (κ3) is 3.12. The summed E-state index contributed by atoms with van der Waals surface area (Å²) in [6.45, 7) is 6.01. The molecule has 1 aliphatic rings. The van der Waals surface area contributed by atoms with Gasteiger partial charge in [0.25, 0.3) is 5.91 Å². The lowest BCUT2D eigenvalue weighted by molar-refractivity contribution is 0.0887. The summed E-state index contributed by atoms with van der Waals surface area (Å²) in [7, 11) is 0. The third-order valence-electron chi connectivity index (χ3n) is 5.14. The van der Waals surface area contributed by atoms with Crippen LogP contribution in [0.25, 0.3) is 21.7 Å². The van der Waals surface area contributed by atoms with Gasteiger partial charge < -0.3 is 15.1 Å². The Balaban J connectivity index is 0.00000182. The van der Waals surface area contributed by atoms with Crippen molar-refractivity contribution in [3.8, 4) is 0 Å². The first-order valence-corrected chi connectivity index (χ1v) is 8.57. The molecule has 4 rings (SSSR count). The average molecular weight is 359 g/mol. The predicted octanol–water partition coefficient (Wildman–Crippen LogP) is 4.04. The SMILES string of the molecule is Cc1c(C(=O)NC2CCNCC2C)oc2c1ccc1ccccc12.Cl. The molecule has 0 radical (unpaired) electrons. The summed E-state index contributed by atoms with van der Waals surface area (Å²) < 4.78 is 6.02. The van der Waals surface area contributed by atoms with Crippen LogP contribution >= 0.6 is 12.4 Å². The van der Waals surface area contributed by atoms with E-state index in [9.17, 15) is 4.79 Å². The van der Waals surface area contributed by atoms with Gasteiger partial charge in [0.05, 0.1) is 0 Å². The van der Waals surface area contributed by atoms with Gasteiger partial charge in [0.1, 0.15) is 5.58 Å². The van der Waals surface area contributed by atoms with Crippen LogP contribution in [0.15, 0.2) is 40.8 Å². The van der Waals surface area contributed by atoms with E-state index in [0.29, 0.717) is 11.7 Å². The molecule has 1 saturated heterocycles. The third-order valence-corrected chi connectivity index (χ3v) is 5.14. The van der Waals surface area contributed by atoms with Crippen molar-refractivity contribution in [2.75, 3.05) is 13.1 Å². The molecular weight excluding hydrogens is 336 g/mol. The fraction of sp³-hybridized carbons (Fsp3) is 0.350. The molecule has 0 aliphatic carbocycles. The Morgan fingerprint density at radius 2 is 2.00 bits per heavy atom.